The van der Waals surface area contributed by atoms with Crippen LogP contribution in [-0.2, 0) is 0 Å². The number of halogens is 2. The fraction of sp³-hybridized carbons (Fsp3) is 0.529. The zero-order valence-electron chi connectivity index (χ0n) is 12.1. The van der Waals surface area contributed by atoms with E-state index in [1.165, 1.54) is 37.7 Å². The summed E-state index contributed by atoms with van der Waals surface area (Å²) in [6, 6.07) is 6.12. The zero-order valence-corrected chi connectivity index (χ0v) is 13.6. The molecule has 1 aromatic rings. The second-order valence-corrected chi connectivity index (χ2v) is 6.15. The molecular formula is C17H23Cl2N. The van der Waals surface area contributed by atoms with Crippen LogP contribution in [0.25, 0.3) is 0 Å². The monoisotopic (exact) mass is 311 g/mol. The second kappa shape index (κ2) is 8.07. The van der Waals surface area contributed by atoms with Crippen LogP contribution < -0.4 is 5.32 Å². The van der Waals surface area contributed by atoms with Gasteiger partial charge in [0, 0.05) is 0 Å². The number of nitrogens with one attached hydrogen (secondary N) is 1. The Kier molecular flexibility index (Phi) is 6.41. The van der Waals surface area contributed by atoms with Crippen molar-refractivity contribution in [3.8, 4) is 0 Å². The lowest BCUT2D eigenvalue weighted by atomic mass is 9.91. The Balaban J connectivity index is 2.31. The number of allylic oxidation sites excluding steroid dienone is 1. The Bertz CT molecular complexity index is 468. The maximum atomic E-state index is 6.42. The van der Waals surface area contributed by atoms with E-state index in [0.717, 1.165) is 18.5 Å². The first-order chi connectivity index (χ1) is 9.74. The Morgan fingerprint density at radius 3 is 2.75 bits per heavy atom. The highest BCUT2D eigenvalue weighted by Crippen LogP contribution is 2.35. The molecule has 0 aromatic heterocycles. The lowest BCUT2D eigenvalue weighted by Crippen LogP contribution is -2.23. The van der Waals surface area contributed by atoms with Crippen LogP contribution in [-0.4, -0.2) is 6.54 Å². The molecule has 2 rings (SSSR count). The standard InChI is InChI=1S/C17H23Cl2N/c1-2-20-17(13-9-6-4-3-5-7-10-13)14-11-8-12-15(18)16(14)19/h8-9,11-12,17,20H,2-7,10H2,1H3/b13-9+. The summed E-state index contributed by atoms with van der Waals surface area (Å²) < 4.78 is 0. The highest BCUT2D eigenvalue weighted by atomic mass is 35.5. The van der Waals surface area contributed by atoms with E-state index in [9.17, 15) is 0 Å². The van der Waals surface area contributed by atoms with Crippen molar-refractivity contribution in [1.29, 1.82) is 0 Å². The van der Waals surface area contributed by atoms with Gasteiger partial charge < -0.3 is 5.32 Å². The van der Waals surface area contributed by atoms with E-state index in [2.05, 4.69) is 24.4 Å². The summed E-state index contributed by atoms with van der Waals surface area (Å²) in [7, 11) is 0. The fourth-order valence-corrected chi connectivity index (χ4v) is 3.28. The van der Waals surface area contributed by atoms with Gasteiger partial charge >= 0.3 is 0 Å². The van der Waals surface area contributed by atoms with Crippen molar-refractivity contribution in [2.24, 2.45) is 0 Å². The van der Waals surface area contributed by atoms with Crippen LogP contribution in [0.2, 0.25) is 10.0 Å². The Morgan fingerprint density at radius 2 is 1.95 bits per heavy atom. The van der Waals surface area contributed by atoms with E-state index in [0.29, 0.717) is 10.0 Å². The van der Waals surface area contributed by atoms with Crippen LogP contribution in [0.3, 0.4) is 0 Å². The van der Waals surface area contributed by atoms with E-state index >= 15 is 0 Å². The summed E-state index contributed by atoms with van der Waals surface area (Å²) in [4.78, 5) is 0. The SMILES string of the molecule is CCNC(/C1=C/CCCCCC1)c1cccc(Cl)c1Cl. The molecule has 0 aliphatic heterocycles. The molecule has 1 aromatic carbocycles. The topological polar surface area (TPSA) is 12.0 Å². The average Bonchev–Trinajstić information content (AvgIpc) is 2.40. The van der Waals surface area contributed by atoms with Gasteiger partial charge in [-0.15, -0.1) is 0 Å². The summed E-state index contributed by atoms with van der Waals surface area (Å²) >= 11 is 12.6. The molecule has 1 unspecified atom stereocenters. The van der Waals surface area contributed by atoms with Crippen molar-refractivity contribution < 1.29 is 0 Å². The van der Waals surface area contributed by atoms with E-state index in [1.807, 2.05) is 12.1 Å². The molecule has 0 fully saturated rings. The van der Waals surface area contributed by atoms with Gasteiger partial charge in [0.25, 0.3) is 0 Å². The molecule has 1 aliphatic rings. The summed E-state index contributed by atoms with van der Waals surface area (Å²) in [5.41, 5.74) is 2.57. The van der Waals surface area contributed by atoms with Crippen LogP contribution in [0.1, 0.15) is 57.1 Å². The molecule has 110 valence electrons. The Labute approximate surface area is 132 Å². The van der Waals surface area contributed by atoms with Gasteiger partial charge in [0.15, 0.2) is 0 Å². The van der Waals surface area contributed by atoms with Crippen molar-refractivity contribution in [1.82, 2.24) is 5.32 Å². The fourth-order valence-electron chi connectivity index (χ4n) is 2.87. The minimum Gasteiger partial charge on any atom is -0.307 e. The van der Waals surface area contributed by atoms with Gasteiger partial charge in [-0.05, 0) is 43.9 Å². The molecule has 0 radical (unpaired) electrons. The minimum atomic E-state index is 0.198. The van der Waals surface area contributed by atoms with Crippen molar-refractivity contribution in [2.75, 3.05) is 6.54 Å². The molecule has 0 amide bonds. The molecule has 1 atom stereocenters. The molecule has 0 spiro atoms. The number of rotatable bonds is 4. The zero-order chi connectivity index (χ0) is 14.4. The highest BCUT2D eigenvalue weighted by Gasteiger charge is 2.19. The highest BCUT2D eigenvalue weighted by molar-refractivity contribution is 6.42. The van der Waals surface area contributed by atoms with Crippen LogP contribution in [0, 0.1) is 0 Å². The van der Waals surface area contributed by atoms with Gasteiger partial charge in [0.05, 0.1) is 16.1 Å². The van der Waals surface area contributed by atoms with Gasteiger partial charge in [0.2, 0.25) is 0 Å². The van der Waals surface area contributed by atoms with Crippen LogP contribution in [0.5, 0.6) is 0 Å². The van der Waals surface area contributed by atoms with Gasteiger partial charge in [-0.3, -0.25) is 0 Å². The largest absolute Gasteiger partial charge is 0.307 e. The summed E-state index contributed by atoms with van der Waals surface area (Å²) in [5, 5.41) is 4.89. The molecule has 1 N–H and O–H groups in total. The Morgan fingerprint density at radius 1 is 1.15 bits per heavy atom. The van der Waals surface area contributed by atoms with Gasteiger partial charge in [0.1, 0.15) is 0 Å². The van der Waals surface area contributed by atoms with Crippen molar-refractivity contribution >= 4 is 23.2 Å². The van der Waals surface area contributed by atoms with Gasteiger partial charge in [-0.2, -0.15) is 0 Å². The molecule has 0 bridgehead atoms. The summed E-state index contributed by atoms with van der Waals surface area (Å²) in [6.07, 6.45) is 9.99. The predicted octanol–water partition coefficient (Wildman–Crippen LogP) is 5.92. The lowest BCUT2D eigenvalue weighted by Gasteiger charge is -2.24. The van der Waals surface area contributed by atoms with Crippen molar-refractivity contribution in [3.05, 3.63) is 45.5 Å². The maximum Gasteiger partial charge on any atom is 0.0643 e. The quantitative estimate of drug-likeness (QED) is 0.680. The van der Waals surface area contributed by atoms with E-state index in [1.54, 1.807) is 0 Å². The van der Waals surface area contributed by atoms with E-state index in [-0.39, 0.29) is 6.04 Å². The first-order valence-corrected chi connectivity index (χ1v) is 8.36. The van der Waals surface area contributed by atoms with Gasteiger partial charge in [-0.25, -0.2) is 0 Å². The third-order valence-electron chi connectivity index (χ3n) is 3.90. The van der Waals surface area contributed by atoms with Crippen LogP contribution >= 0.6 is 23.2 Å². The third kappa shape index (κ3) is 4.00. The molecule has 0 saturated heterocycles. The number of likely N-dealkylation sites (N-methyl/N-ethyl adjacent to an activating group) is 1. The first-order valence-electron chi connectivity index (χ1n) is 7.60. The van der Waals surface area contributed by atoms with Crippen LogP contribution in [0.15, 0.2) is 29.8 Å². The minimum absolute atomic E-state index is 0.198. The van der Waals surface area contributed by atoms with Crippen LogP contribution in [0.4, 0.5) is 0 Å². The van der Waals surface area contributed by atoms with E-state index < -0.39 is 0 Å². The maximum absolute atomic E-state index is 6.42. The predicted molar refractivity (Wildman–Crippen MR) is 88.7 cm³/mol. The first kappa shape index (κ1) is 15.9. The Hall–Kier alpha value is -0.500. The molecule has 3 heteroatoms. The van der Waals surface area contributed by atoms with Crippen molar-refractivity contribution in [2.45, 2.75) is 51.5 Å². The molecule has 1 aliphatic carbocycles. The number of benzene rings is 1. The second-order valence-electron chi connectivity index (χ2n) is 5.37. The molecule has 0 saturated carbocycles. The number of hydrogen-bond donors (Lipinski definition) is 1. The molecule has 0 heterocycles. The average molecular weight is 312 g/mol. The lowest BCUT2D eigenvalue weighted by molar-refractivity contribution is 0.554. The molecular weight excluding hydrogens is 289 g/mol. The summed E-state index contributed by atoms with van der Waals surface area (Å²) in [5.74, 6) is 0. The molecule has 20 heavy (non-hydrogen) atoms. The summed E-state index contributed by atoms with van der Waals surface area (Å²) in [6.45, 7) is 3.06. The third-order valence-corrected chi connectivity index (χ3v) is 4.73. The smallest absolute Gasteiger partial charge is 0.0643 e. The number of hydrogen-bond acceptors (Lipinski definition) is 1. The normalized spacial score (nSPS) is 20.6. The molecule has 1 nitrogen and oxygen atoms in total. The van der Waals surface area contributed by atoms with Crippen molar-refractivity contribution in [3.63, 3.8) is 0 Å². The van der Waals surface area contributed by atoms with Gasteiger partial charge in [-0.1, -0.05) is 66.7 Å². The van der Waals surface area contributed by atoms with E-state index in [4.69, 9.17) is 23.2 Å².